The van der Waals surface area contributed by atoms with Crippen molar-refractivity contribution >= 4 is 11.9 Å². The van der Waals surface area contributed by atoms with E-state index in [-0.39, 0.29) is 11.8 Å². The van der Waals surface area contributed by atoms with Crippen LogP contribution in [0.3, 0.4) is 0 Å². The lowest BCUT2D eigenvalue weighted by atomic mass is 9.98. The Morgan fingerprint density at radius 3 is 2.29 bits per heavy atom. The third-order valence-electron chi connectivity index (χ3n) is 3.54. The van der Waals surface area contributed by atoms with Crippen LogP contribution in [0.15, 0.2) is 30.3 Å². The van der Waals surface area contributed by atoms with Gasteiger partial charge in [0.1, 0.15) is 6.04 Å². The Hall–Kier alpha value is -1.88. The number of hydrogen-bond acceptors (Lipinski definition) is 4. The van der Waals surface area contributed by atoms with Gasteiger partial charge in [0.15, 0.2) is 6.10 Å². The molecule has 0 unspecified atom stereocenters. The van der Waals surface area contributed by atoms with Gasteiger partial charge < -0.3 is 14.8 Å². The summed E-state index contributed by atoms with van der Waals surface area (Å²) < 4.78 is 10.0. The average molecular weight is 293 g/mol. The number of methoxy groups -OCH3 is 2. The molecule has 1 aromatic carbocycles. The lowest BCUT2D eigenvalue weighted by Gasteiger charge is -2.24. The van der Waals surface area contributed by atoms with Gasteiger partial charge in [-0.2, -0.15) is 0 Å². The fourth-order valence-electron chi connectivity index (χ4n) is 2.05. The summed E-state index contributed by atoms with van der Waals surface area (Å²) in [5.41, 5.74) is 0.741. The molecule has 0 spiro atoms. The molecular weight excluding hydrogens is 270 g/mol. The van der Waals surface area contributed by atoms with E-state index in [9.17, 15) is 9.59 Å². The molecule has 0 radical (unpaired) electrons. The molecule has 1 aromatic rings. The van der Waals surface area contributed by atoms with Crippen LogP contribution >= 0.6 is 0 Å². The van der Waals surface area contributed by atoms with Crippen molar-refractivity contribution in [2.75, 3.05) is 14.2 Å². The zero-order valence-corrected chi connectivity index (χ0v) is 13.0. The van der Waals surface area contributed by atoms with Gasteiger partial charge in [-0.05, 0) is 11.5 Å². The minimum Gasteiger partial charge on any atom is -0.467 e. The third kappa shape index (κ3) is 4.56. The fourth-order valence-corrected chi connectivity index (χ4v) is 2.05. The van der Waals surface area contributed by atoms with E-state index in [1.807, 2.05) is 44.2 Å². The fraction of sp³-hybridized carbons (Fsp3) is 0.500. The van der Waals surface area contributed by atoms with Crippen LogP contribution in [-0.2, 0) is 19.1 Å². The van der Waals surface area contributed by atoms with Gasteiger partial charge in [0.05, 0.1) is 7.11 Å². The zero-order chi connectivity index (χ0) is 15.8. The number of hydrogen-bond donors (Lipinski definition) is 1. The molecule has 116 valence electrons. The molecule has 0 aliphatic heterocycles. The molecular formula is C16H23NO4. The van der Waals surface area contributed by atoms with Crippen LogP contribution in [0.25, 0.3) is 0 Å². The summed E-state index contributed by atoms with van der Waals surface area (Å²) in [6.45, 7) is 3.85. The summed E-state index contributed by atoms with van der Waals surface area (Å²) in [7, 11) is 2.78. The van der Waals surface area contributed by atoms with Crippen molar-refractivity contribution in [2.45, 2.75) is 32.4 Å². The predicted octanol–water partition coefficient (Wildman–Crippen LogP) is 2.08. The van der Waals surface area contributed by atoms with Crippen molar-refractivity contribution in [3.8, 4) is 0 Å². The van der Waals surface area contributed by atoms with Crippen molar-refractivity contribution < 1.29 is 19.1 Å². The largest absolute Gasteiger partial charge is 0.467 e. The van der Waals surface area contributed by atoms with Crippen molar-refractivity contribution in [3.05, 3.63) is 35.9 Å². The first-order valence-corrected chi connectivity index (χ1v) is 7.01. The maximum absolute atomic E-state index is 12.4. The molecule has 0 aliphatic carbocycles. The topological polar surface area (TPSA) is 64.6 Å². The highest BCUT2D eigenvalue weighted by Crippen LogP contribution is 2.18. The van der Waals surface area contributed by atoms with Gasteiger partial charge in [-0.3, -0.25) is 4.79 Å². The number of carbonyl (C=O) groups is 2. The first kappa shape index (κ1) is 17.2. The third-order valence-corrected chi connectivity index (χ3v) is 3.54. The average Bonchev–Trinajstić information content (AvgIpc) is 2.52. The molecule has 0 saturated heterocycles. The van der Waals surface area contributed by atoms with Gasteiger partial charge in [0.25, 0.3) is 5.91 Å². The first-order valence-electron chi connectivity index (χ1n) is 7.01. The van der Waals surface area contributed by atoms with E-state index in [1.165, 1.54) is 14.2 Å². The van der Waals surface area contributed by atoms with Gasteiger partial charge in [-0.15, -0.1) is 0 Å². The predicted molar refractivity (Wildman–Crippen MR) is 79.6 cm³/mol. The Kier molecular flexibility index (Phi) is 6.88. The summed E-state index contributed by atoms with van der Waals surface area (Å²) in [6.07, 6.45) is 0.00524. The van der Waals surface area contributed by atoms with Gasteiger partial charge in [0, 0.05) is 7.11 Å². The molecule has 1 rings (SSSR count). The quantitative estimate of drug-likeness (QED) is 0.782. The molecule has 3 atom stereocenters. The standard InChI is InChI=1S/C16H23NO4/c1-5-11(2)13(16(19)21-4)17-15(18)14(20-3)12-9-7-6-8-10-12/h6-11,13-14H,5H2,1-4H3,(H,17,18)/t11-,13+,14-/m1/s1. The second kappa shape index (κ2) is 8.42. The van der Waals surface area contributed by atoms with Crippen LogP contribution in [0.4, 0.5) is 0 Å². The Bertz CT molecular complexity index is 461. The minimum absolute atomic E-state index is 0.0188. The number of carbonyl (C=O) groups excluding carboxylic acids is 2. The molecule has 21 heavy (non-hydrogen) atoms. The van der Waals surface area contributed by atoms with Gasteiger partial charge >= 0.3 is 5.97 Å². The zero-order valence-electron chi connectivity index (χ0n) is 13.0. The summed E-state index contributed by atoms with van der Waals surface area (Å²) >= 11 is 0. The Balaban J connectivity index is 2.87. The molecule has 5 heteroatoms. The maximum Gasteiger partial charge on any atom is 0.328 e. The van der Waals surface area contributed by atoms with E-state index in [0.717, 1.165) is 12.0 Å². The summed E-state index contributed by atoms with van der Waals surface area (Å²) in [5, 5.41) is 2.73. The molecule has 0 aromatic heterocycles. The van der Waals surface area contributed by atoms with E-state index in [1.54, 1.807) is 0 Å². The number of benzene rings is 1. The first-order chi connectivity index (χ1) is 10.0. The molecule has 0 heterocycles. The van der Waals surface area contributed by atoms with Gasteiger partial charge in [-0.1, -0.05) is 50.6 Å². The van der Waals surface area contributed by atoms with E-state index in [4.69, 9.17) is 9.47 Å². The SMILES string of the molecule is CC[C@@H](C)[C@H](NC(=O)[C@H](OC)c1ccccc1)C(=O)OC. The lowest BCUT2D eigenvalue weighted by molar-refractivity contribution is -0.148. The number of ether oxygens (including phenoxy) is 2. The Labute approximate surface area is 125 Å². The van der Waals surface area contributed by atoms with Crippen molar-refractivity contribution in [1.82, 2.24) is 5.32 Å². The van der Waals surface area contributed by atoms with Gasteiger partial charge in [-0.25, -0.2) is 4.79 Å². The Morgan fingerprint density at radius 2 is 1.81 bits per heavy atom. The second-order valence-electron chi connectivity index (χ2n) is 4.92. The Morgan fingerprint density at radius 1 is 1.19 bits per heavy atom. The second-order valence-corrected chi connectivity index (χ2v) is 4.92. The number of esters is 1. The van der Waals surface area contributed by atoms with Crippen molar-refractivity contribution in [2.24, 2.45) is 5.92 Å². The van der Waals surface area contributed by atoms with Crippen LogP contribution in [-0.4, -0.2) is 32.1 Å². The molecule has 0 aliphatic rings. The van der Waals surface area contributed by atoms with E-state index >= 15 is 0 Å². The molecule has 0 fully saturated rings. The highest BCUT2D eigenvalue weighted by Gasteiger charge is 2.30. The lowest BCUT2D eigenvalue weighted by Crippen LogP contribution is -2.47. The van der Waals surface area contributed by atoms with Crippen molar-refractivity contribution in [3.63, 3.8) is 0 Å². The summed E-state index contributed by atoms with van der Waals surface area (Å²) in [4.78, 5) is 24.2. The van der Waals surface area contributed by atoms with Crippen LogP contribution in [0.1, 0.15) is 31.9 Å². The van der Waals surface area contributed by atoms with Gasteiger partial charge in [0.2, 0.25) is 0 Å². The van der Waals surface area contributed by atoms with E-state index < -0.39 is 18.1 Å². The highest BCUT2D eigenvalue weighted by atomic mass is 16.5. The highest BCUT2D eigenvalue weighted by molar-refractivity contribution is 5.87. The number of amides is 1. The number of nitrogens with one attached hydrogen (secondary N) is 1. The normalized spacial score (nSPS) is 14.9. The molecule has 0 bridgehead atoms. The maximum atomic E-state index is 12.4. The van der Waals surface area contributed by atoms with Crippen LogP contribution in [0.2, 0.25) is 0 Å². The van der Waals surface area contributed by atoms with Crippen LogP contribution in [0.5, 0.6) is 0 Å². The van der Waals surface area contributed by atoms with Crippen molar-refractivity contribution in [1.29, 1.82) is 0 Å². The minimum atomic E-state index is -0.748. The molecule has 5 nitrogen and oxygen atoms in total. The molecule has 0 saturated carbocycles. The summed E-state index contributed by atoms with van der Waals surface area (Å²) in [5.74, 6) is -0.810. The molecule has 1 amide bonds. The van der Waals surface area contributed by atoms with Crippen LogP contribution < -0.4 is 5.32 Å². The van der Waals surface area contributed by atoms with E-state index in [2.05, 4.69) is 5.32 Å². The van der Waals surface area contributed by atoms with E-state index in [0.29, 0.717) is 0 Å². The summed E-state index contributed by atoms with van der Waals surface area (Å²) in [6, 6.07) is 8.48. The van der Waals surface area contributed by atoms with Crippen LogP contribution in [0, 0.1) is 5.92 Å². The monoisotopic (exact) mass is 293 g/mol. The number of rotatable bonds is 7. The smallest absolute Gasteiger partial charge is 0.328 e. The molecule has 1 N–H and O–H groups in total.